The van der Waals surface area contributed by atoms with Crippen molar-refractivity contribution in [1.82, 2.24) is 0 Å². The molecule has 0 aromatic carbocycles. The molecule has 3 aliphatic rings. The van der Waals surface area contributed by atoms with E-state index in [0.717, 1.165) is 0 Å². The van der Waals surface area contributed by atoms with Gasteiger partial charge in [0.15, 0.2) is 0 Å². The van der Waals surface area contributed by atoms with Crippen LogP contribution in [0.1, 0.15) is 33.1 Å². The van der Waals surface area contributed by atoms with Crippen molar-refractivity contribution in [2.24, 2.45) is 11.3 Å². The molecule has 132 valence electrons. The molecule has 23 heavy (non-hydrogen) atoms. The van der Waals surface area contributed by atoms with Crippen LogP contribution in [0.3, 0.4) is 0 Å². The smallest absolute Gasteiger partial charge is 0.306 e. The zero-order valence-corrected chi connectivity index (χ0v) is 14.1. The second kappa shape index (κ2) is 5.97. The van der Waals surface area contributed by atoms with Gasteiger partial charge >= 0.3 is 5.97 Å². The van der Waals surface area contributed by atoms with E-state index in [1.165, 1.54) is 14.2 Å². The summed E-state index contributed by atoms with van der Waals surface area (Å²) in [7, 11) is 3.06. The first-order chi connectivity index (χ1) is 10.8. The van der Waals surface area contributed by atoms with Crippen molar-refractivity contribution in [3.8, 4) is 0 Å². The summed E-state index contributed by atoms with van der Waals surface area (Å²) in [6.07, 6.45) is -0.857. The molecule has 1 N–H and O–H groups in total. The Morgan fingerprint density at radius 2 is 1.96 bits per heavy atom. The highest BCUT2D eigenvalue weighted by molar-refractivity contribution is 5.71. The Morgan fingerprint density at radius 3 is 2.57 bits per heavy atom. The second-order valence-corrected chi connectivity index (χ2v) is 7.49. The minimum Gasteiger partial charge on any atom is -0.460 e. The molecule has 1 unspecified atom stereocenters. The number of hydrogen-bond acceptors (Lipinski definition) is 7. The lowest BCUT2D eigenvalue weighted by molar-refractivity contribution is -0.344. The molecule has 0 saturated carbocycles. The van der Waals surface area contributed by atoms with E-state index < -0.39 is 24.3 Å². The number of carbonyl (C=O) groups excluding carboxylic acids is 1. The molecule has 3 aliphatic heterocycles. The summed E-state index contributed by atoms with van der Waals surface area (Å²) in [5.41, 5.74) is -0.190. The van der Waals surface area contributed by atoms with Crippen molar-refractivity contribution in [2.45, 2.75) is 63.5 Å². The van der Waals surface area contributed by atoms with E-state index in [0.29, 0.717) is 25.9 Å². The molecule has 7 heteroatoms. The van der Waals surface area contributed by atoms with E-state index in [-0.39, 0.29) is 23.4 Å². The van der Waals surface area contributed by atoms with Gasteiger partial charge in [-0.05, 0) is 11.8 Å². The van der Waals surface area contributed by atoms with Crippen LogP contribution >= 0.6 is 0 Å². The van der Waals surface area contributed by atoms with E-state index in [9.17, 15) is 9.90 Å². The quantitative estimate of drug-likeness (QED) is 0.604. The third-order valence-corrected chi connectivity index (χ3v) is 5.24. The molecule has 0 amide bonds. The molecule has 0 aliphatic carbocycles. The lowest BCUT2D eigenvalue weighted by Gasteiger charge is -2.45. The maximum atomic E-state index is 11.8. The standard InChI is InChI=1S/C16H26O7/c1-15(2)6-10(22-12(17)7-15)13(18)9-5-16(19-3,20-4)14-21-8-11(9)23-14/h9-11,13-14,18H,5-8H2,1-4H3/t9-,10?,11+,13+,14+/m0/s1. The second-order valence-electron chi connectivity index (χ2n) is 7.49. The Bertz CT molecular complexity index is 459. The highest BCUT2D eigenvalue weighted by Crippen LogP contribution is 2.45. The summed E-state index contributed by atoms with van der Waals surface area (Å²) in [6, 6.07) is 0. The number of methoxy groups -OCH3 is 2. The topological polar surface area (TPSA) is 83.5 Å². The van der Waals surface area contributed by atoms with Gasteiger partial charge in [-0.1, -0.05) is 13.8 Å². The number of fused-ring (bicyclic) bond motifs is 2. The number of cyclic esters (lactones) is 1. The number of hydrogen-bond donors (Lipinski definition) is 1. The first-order valence-electron chi connectivity index (χ1n) is 8.05. The summed E-state index contributed by atoms with van der Waals surface area (Å²) in [5.74, 6) is -1.61. The van der Waals surface area contributed by atoms with E-state index in [1.807, 2.05) is 13.8 Å². The van der Waals surface area contributed by atoms with Gasteiger partial charge in [0.05, 0.1) is 25.2 Å². The number of carbonyl (C=O) groups is 1. The molecule has 0 radical (unpaired) electrons. The van der Waals surface area contributed by atoms with Crippen molar-refractivity contribution in [2.75, 3.05) is 20.8 Å². The van der Waals surface area contributed by atoms with Crippen LogP contribution < -0.4 is 0 Å². The van der Waals surface area contributed by atoms with Crippen LogP contribution in [0.4, 0.5) is 0 Å². The summed E-state index contributed by atoms with van der Waals surface area (Å²) < 4.78 is 27.8. The molecule has 3 rings (SSSR count). The van der Waals surface area contributed by atoms with Gasteiger partial charge in [0.2, 0.25) is 12.1 Å². The Kier molecular flexibility index (Phi) is 4.44. The molecular weight excluding hydrogens is 304 g/mol. The average molecular weight is 330 g/mol. The number of aliphatic hydroxyl groups excluding tert-OH is 1. The zero-order valence-electron chi connectivity index (χ0n) is 14.1. The van der Waals surface area contributed by atoms with Gasteiger partial charge < -0.3 is 28.8 Å². The fraction of sp³-hybridized carbons (Fsp3) is 0.938. The van der Waals surface area contributed by atoms with Crippen LogP contribution in [0.25, 0.3) is 0 Å². The Morgan fingerprint density at radius 1 is 1.26 bits per heavy atom. The van der Waals surface area contributed by atoms with Crippen molar-refractivity contribution < 1.29 is 33.6 Å². The van der Waals surface area contributed by atoms with Crippen molar-refractivity contribution in [3.63, 3.8) is 0 Å². The van der Waals surface area contributed by atoms with E-state index >= 15 is 0 Å². The number of esters is 1. The Balaban J connectivity index is 1.78. The third kappa shape index (κ3) is 3.00. The van der Waals surface area contributed by atoms with Gasteiger partial charge in [-0.25, -0.2) is 0 Å². The van der Waals surface area contributed by atoms with E-state index in [4.69, 9.17) is 23.7 Å². The monoisotopic (exact) mass is 330 g/mol. The molecule has 3 saturated heterocycles. The minimum absolute atomic E-state index is 0.190. The average Bonchev–Trinajstić information content (AvgIpc) is 2.91. The number of rotatable bonds is 4. The predicted octanol–water partition coefficient (Wildman–Crippen LogP) is 0.830. The molecule has 7 nitrogen and oxygen atoms in total. The Labute approximate surface area is 136 Å². The molecule has 0 aromatic rings. The van der Waals surface area contributed by atoms with Crippen molar-refractivity contribution in [3.05, 3.63) is 0 Å². The highest BCUT2D eigenvalue weighted by Gasteiger charge is 2.58. The van der Waals surface area contributed by atoms with Gasteiger partial charge in [-0.2, -0.15) is 0 Å². The lowest BCUT2D eigenvalue weighted by atomic mass is 9.76. The van der Waals surface area contributed by atoms with E-state index in [1.54, 1.807) is 0 Å². The zero-order chi connectivity index (χ0) is 16.8. The van der Waals surface area contributed by atoms with Gasteiger partial charge in [-0.3, -0.25) is 4.79 Å². The van der Waals surface area contributed by atoms with Gasteiger partial charge in [0, 0.05) is 26.6 Å². The molecule has 5 atom stereocenters. The van der Waals surface area contributed by atoms with Crippen molar-refractivity contribution in [1.29, 1.82) is 0 Å². The summed E-state index contributed by atoms with van der Waals surface area (Å²) >= 11 is 0. The number of ether oxygens (including phenoxy) is 5. The van der Waals surface area contributed by atoms with Crippen LogP contribution in [0.15, 0.2) is 0 Å². The van der Waals surface area contributed by atoms with Crippen LogP contribution in [0.2, 0.25) is 0 Å². The normalized spacial score (nSPS) is 39.8. The fourth-order valence-electron chi connectivity index (χ4n) is 3.94. The molecule has 3 heterocycles. The maximum Gasteiger partial charge on any atom is 0.306 e. The Hall–Kier alpha value is -0.730. The molecular formula is C16H26O7. The summed E-state index contributed by atoms with van der Waals surface area (Å²) in [4.78, 5) is 11.8. The lowest BCUT2D eigenvalue weighted by Crippen LogP contribution is -2.57. The van der Waals surface area contributed by atoms with Gasteiger partial charge in [0.25, 0.3) is 0 Å². The van der Waals surface area contributed by atoms with Crippen LogP contribution in [0, 0.1) is 11.3 Å². The van der Waals surface area contributed by atoms with Crippen LogP contribution in [0.5, 0.6) is 0 Å². The number of aliphatic hydroxyl groups is 1. The maximum absolute atomic E-state index is 11.8. The van der Waals surface area contributed by atoms with Crippen molar-refractivity contribution >= 4 is 5.97 Å². The molecule has 0 aromatic heterocycles. The van der Waals surface area contributed by atoms with Crippen LogP contribution in [-0.4, -0.2) is 62.3 Å². The molecule has 0 spiro atoms. The first kappa shape index (κ1) is 17.1. The van der Waals surface area contributed by atoms with Crippen LogP contribution in [-0.2, 0) is 28.5 Å². The third-order valence-electron chi connectivity index (χ3n) is 5.24. The summed E-state index contributed by atoms with van der Waals surface area (Å²) in [6.45, 7) is 4.38. The van der Waals surface area contributed by atoms with Gasteiger partial charge in [-0.15, -0.1) is 0 Å². The first-order valence-corrected chi connectivity index (χ1v) is 8.05. The summed E-state index contributed by atoms with van der Waals surface area (Å²) in [5, 5.41) is 10.9. The predicted molar refractivity (Wildman–Crippen MR) is 78.4 cm³/mol. The fourth-order valence-corrected chi connectivity index (χ4v) is 3.94. The largest absolute Gasteiger partial charge is 0.460 e. The van der Waals surface area contributed by atoms with E-state index in [2.05, 4.69) is 0 Å². The minimum atomic E-state index is -1.05. The highest BCUT2D eigenvalue weighted by atomic mass is 16.8. The molecule has 2 bridgehead atoms. The SMILES string of the molecule is COC1(OC)C[C@H]([C@@H](O)C2CC(C)(C)CC(=O)O2)[C@H]2CO[C@@H]1O2. The molecule has 3 fully saturated rings. The van der Waals surface area contributed by atoms with Gasteiger partial charge in [0.1, 0.15) is 6.10 Å².